The molecule has 0 bridgehead atoms. The third-order valence-corrected chi connectivity index (χ3v) is 2.29. The topological polar surface area (TPSA) is 77.8 Å². The van der Waals surface area contributed by atoms with Crippen LogP contribution in [0.4, 0.5) is 0 Å². The Morgan fingerprint density at radius 1 is 1.15 bits per heavy atom. The Bertz CT molecular complexity index is 148. The number of aliphatic hydroxyl groups excluding tert-OH is 2. The fourth-order valence-electron chi connectivity index (χ4n) is 1.28. The number of carboxylic acids is 1. The van der Waals surface area contributed by atoms with Gasteiger partial charge >= 0.3 is 5.97 Å². The van der Waals surface area contributed by atoms with Crippen molar-refractivity contribution < 1.29 is 20.1 Å². The fourth-order valence-corrected chi connectivity index (χ4v) is 1.28. The van der Waals surface area contributed by atoms with Crippen molar-refractivity contribution in [1.82, 2.24) is 0 Å². The summed E-state index contributed by atoms with van der Waals surface area (Å²) in [6.45, 7) is 1.69. The second-order valence-corrected chi connectivity index (χ2v) is 3.52. The Kier molecular flexibility index (Phi) is 5.66. The van der Waals surface area contributed by atoms with Gasteiger partial charge in [-0.3, -0.25) is 4.79 Å². The molecule has 0 aromatic heterocycles. The van der Waals surface area contributed by atoms with E-state index in [-0.39, 0.29) is 13.2 Å². The lowest BCUT2D eigenvalue weighted by Crippen LogP contribution is -2.28. The molecule has 0 radical (unpaired) electrons. The van der Waals surface area contributed by atoms with E-state index in [4.69, 9.17) is 15.3 Å². The van der Waals surface area contributed by atoms with Gasteiger partial charge in [0.2, 0.25) is 0 Å². The molecule has 0 amide bonds. The average molecular weight is 190 g/mol. The third kappa shape index (κ3) is 4.24. The first kappa shape index (κ1) is 12.4. The highest BCUT2D eigenvalue weighted by atomic mass is 16.4. The maximum Gasteiger partial charge on any atom is 0.309 e. The van der Waals surface area contributed by atoms with Crippen LogP contribution in [-0.4, -0.2) is 34.5 Å². The Morgan fingerprint density at radius 3 is 1.77 bits per heavy atom. The van der Waals surface area contributed by atoms with E-state index >= 15 is 0 Å². The van der Waals surface area contributed by atoms with E-state index in [9.17, 15) is 4.79 Å². The summed E-state index contributed by atoms with van der Waals surface area (Å²) in [7, 11) is 0. The van der Waals surface area contributed by atoms with Crippen molar-refractivity contribution in [3.63, 3.8) is 0 Å². The van der Waals surface area contributed by atoms with E-state index in [1.807, 2.05) is 0 Å². The molecule has 0 heterocycles. The van der Waals surface area contributed by atoms with E-state index in [1.165, 1.54) is 0 Å². The summed E-state index contributed by atoms with van der Waals surface area (Å²) < 4.78 is 0. The van der Waals surface area contributed by atoms with Crippen molar-refractivity contribution in [2.45, 2.75) is 32.6 Å². The van der Waals surface area contributed by atoms with Crippen molar-refractivity contribution in [2.24, 2.45) is 5.41 Å². The number of carboxylic acid groups (broad SMARTS) is 1. The van der Waals surface area contributed by atoms with Crippen molar-refractivity contribution in [3.8, 4) is 0 Å². The predicted molar refractivity (Wildman–Crippen MR) is 48.4 cm³/mol. The van der Waals surface area contributed by atoms with Gasteiger partial charge in [-0.05, 0) is 32.6 Å². The van der Waals surface area contributed by atoms with Crippen LogP contribution in [0, 0.1) is 5.41 Å². The van der Waals surface area contributed by atoms with Crippen molar-refractivity contribution in [1.29, 1.82) is 0 Å². The molecule has 3 N–H and O–H groups in total. The normalized spacial score (nSPS) is 11.6. The first-order valence-electron chi connectivity index (χ1n) is 4.52. The number of carbonyl (C=O) groups is 1. The Hall–Kier alpha value is -0.610. The van der Waals surface area contributed by atoms with Crippen LogP contribution in [0.25, 0.3) is 0 Å². The monoisotopic (exact) mass is 190 g/mol. The summed E-state index contributed by atoms with van der Waals surface area (Å²) in [5.74, 6) is -0.852. The zero-order chi connectivity index (χ0) is 10.3. The lowest BCUT2D eigenvalue weighted by atomic mass is 9.81. The summed E-state index contributed by atoms with van der Waals surface area (Å²) >= 11 is 0. The largest absolute Gasteiger partial charge is 0.481 e. The molecule has 0 unspecified atom stereocenters. The first-order valence-corrected chi connectivity index (χ1v) is 4.52. The number of aliphatic carboxylic acids is 1. The summed E-state index contributed by atoms with van der Waals surface area (Å²) in [5.41, 5.74) is -0.800. The van der Waals surface area contributed by atoms with Crippen LogP contribution in [0.2, 0.25) is 0 Å². The van der Waals surface area contributed by atoms with Crippen LogP contribution in [0.1, 0.15) is 32.6 Å². The molecule has 0 saturated carbocycles. The molecule has 13 heavy (non-hydrogen) atoms. The van der Waals surface area contributed by atoms with Crippen LogP contribution in [0.5, 0.6) is 0 Å². The van der Waals surface area contributed by atoms with Gasteiger partial charge in [0.15, 0.2) is 0 Å². The van der Waals surface area contributed by atoms with Crippen LogP contribution >= 0.6 is 0 Å². The maximum absolute atomic E-state index is 10.9. The van der Waals surface area contributed by atoms with Gasteiger partial charge in [-0.15, -0.1) is 0 Å². The summed E-state index contributed by atoms with van der Waals surface area (Å²) in [5, 5.41) is 26.1. The van der Waals surface area contributed by atoms with Gasteiger partial charge in [0, 0.05) is 13.2 Å². The molecule has 0 spiro atoms. The van der Waals surface area contributed by atoms with Crippen molar-refractivity contribution in [3.05, 3.63) is 0 Å². The highest BCUT2D eigenvalue weighted by molar-refractivity contribution is 5.74. The lowest BCUT2D eigenvalue weighted by molar-refractivity contribution is -0.149. The summed E-state index contributed by atoms with van der Waals surface area (Å²) in [4.78, 5) is 10.9. The zero-order valence-corrected chi connectivity index (χ0v) is 7.99. The van der Waals surface area contributed by atoms with E-state index in [2.05, 4.69) is 0 Å². The van der Waals surface area contributed by atoms with Gasteiger partial charge in [-0.25, -0.2) is 0 Å². The second-order valence-electron chi connectivity index (χ2n) is 3.52. The quantitative estimate of drug-likeness (QED) is 0.550. The molecule has 0 fully saturated rings. The van der Waals surface area contributed by atoms with Gasteiger partial charge in [-0.1, -0.05) is 0 Å². The number of hydrogen-bond donors (Lipinski definition) is 3. The van der Waals surface area contributed by atoms with E-state index in [0.717, 1.165) is 0 Å². The molecule has 4 nitrogen and oxygen atoms in total. The van der Waals surface area contributed by atoms with Gasteiger partial charge in [0.05, 0.1) is 5.41 Å². The summed E-state index contributed by atoms with van der Waals surface area (Å²) in [6.07, 6.45) is 1.90. The molecule has 0 aliphatic rings. The smallest absolute Gasteiger partial charge is 0.309 e. The van der Waals surface area contributed by atoms with E-state index < -0.39 is 11.4 Å². The highest BCUT2D eigenvalue weighted by Gasteiger charge is 2.31. The van der Waals surface area contributed by atoms with Gasteiger partial charge < -0.3 is 15.3 Å². The fraction of sp³-hybridized carbons (Fsp3) is 0.889. The molecule has 0 aromatic rings. The second kappa shape index (κ2) is 5.94. The minimum Gasteiger partial charge on any atom is -0.481 e. The molecule has 0 aliphatic heterocycles. The molecule has 0 aromatic carbocycles. The SMILES string of the molecule is CC(CCCO)(CCCO)C(=O)O. The Morgan fingerprint density at radius 2 is 1.54 bits per heavy atom. The number of hydrogen-bond acceptors (Lipinski definition) is 3. The molecule has 0 saturated heterocycles. The lowest BCUT2D eigenvalue weighted by Gasteiger charge is -2.23. The molecule has 4 heteroatoms. The van der Waals surface area contributed by atoms with Gasteiger partial charge in [0.25, 0.3) is 0 Å². The summed E-state index contributed by atoms with van der Waals surface area (Å²) in [6, 6.07) is 0. The minimum atomic E-state index is -0.852. The predicted octanol–water partition coefficient (Wildman–Crippen LogP) is 0.622. The standard InChI is InChI=1S/C9H18O4/c1-9(8(12)13,4-2-6-10)5-3-7-11/h10-11H,2-7H2,1H3,(H,12,13). The molecule has 0 aliphatic carbocycles. The molecule has 0 atom stereocenters. The average Bonchev–Trinajstić information content (AvgIpc) is 2.11. The minimum absolute atomic E-state index is 0.0159. The van der Waals surface area contributed by atoms with Gasteiger partial charge in [-0.2, -0.15) is 0 Å². The van der Waals surface area contributed by atoms with Crippen LogP contribution < -0.4 is 0 Å². The Balaban J connectivity index is 4.08. The van der Waals surface area contributed by atoms with E-state index in [0.29, 0.717) is 25.7 Å². The highest BCUT2D eigenvalue weighted by Crippen LogP contribution is 2.29. The zero-order valence-electron chi connectivity index (χ0n) is 7.99. The van der Waals surface area contributed by atoms with Crippen molar-refractivity contribution in [2.75, 3.05) is 13.2 Å². The third-order valence-electron chi connectivity index (χ3n) is 2.29. The molecule has 78 valence electrons. The van der Waals surface area contributed by atoms with E-state index in [1.54, 1.807) is 6.92 Å². The maximum atomic E-state index is 10.9. The van der Waals surface area contributed by atoms with Gasteiger partial charge in [0.1, 0.15) is 0 Å². The number of rotatable bonds is 7. The van der Waals surface area contributed by atoms with Crippen LogP contribution in [0.3, 0.4) is 0 Å². The van der Waals surface area contributed by atoms with Crippen LogP contribution in [0.15, 0.2) is 0 Å². The molecule has 0 rings (SSSR count). The number of aliphatic hydroxyl groups is 2. The van der Waals surface area contributed by atoms with Crippen molar-refractivity contribution >= 4 is 5.97 Å². The van der Waals surface area contributed by atoms with Crippen LogP contribution in [-0.2, 0) is 4.79 Å². The molecular formula is C9H18O4. The Labute approximate surface area is 78.2 Å². The first-order chi connectivity index (χ1) is 6.06. The molecular weight excluding hydrogens is 172 g/mol.